The van der Waals surface area contributed by atoms with Gasteiger partial charge in [0.2, 0.25) is 5.89 Å². The average molecular weight is 350 g/mol. The van der Waals surface area contributed by atoms with Crippen molar-refractivity contribution >= 4 is 17.5 Å². The molecule has 2 aromatic rings. The second-order valence-corrected chi connectivity index (χ2v) is 6.93. The van der Waals surface area contributed by atoms with Gasteiger partial charge in [0.15, 0.2) is 5.82 Å². The smallest absolute Gasteiger partial charge is 0.258 e. The van der Waals surface area contributed by atoms with Crippen molar-refractivity contribution in [3.8, 4) is 0 Å². The zero-order valence-electron chi connectivity index (χ0n) is 13.8. The monoisotopic (exact) mass is 349 g/mol. The minimum Gasteiger partial charge on any atom is -0.339 e. The standard InChI is InChI=1S/C16H20ClN5O2/c1-3-22-13(17)12(9(2)19-22)16(23)21-7-6-11(8-21)15-18-14(20-24-15)10-4-5-10/h10-11H,3-8H2,1-2H3/t11-/m0/s1. The number of carbonyl (C=O) groups is 1. The Bertz CT molecular complexity index is 780. The number of hydrogen-bond acceptors (Lipinski definition) is 5. The first-order valence-electron chi connectivity index (χ1n) is 8.44. The third-order valence-electron chi connectivity index (χ3n) is 4.80. The Morgan fingerprint density at radius 2 is 2.12 bits per heavy atom. The van der Waals surface area contributed by atoms with Gasteiger partial charge in [-0.2, -0.15) is 10.1 Å². The van der Waals surface area contributed by atoms with Crippen molar-refractivity contribution in [1.29, 1.82) is 0 Å². The Hall–Kier alpha value is -1.89. The summed E-state index contributed by atoms with van der Waals surface area (Å²) in [5.74, 6) is 1.98. The molecule has 3 heterocycles. The van der Waals surface area contributed by atoms with Gasteiger partial charge in [-0.3, -0.25) is 9.48 Å². The normalized spacial score (nSPS) is 20.8. The average Bonchev–Trinajstić information content (AvgIpc) is 3.00. The molecule has 1 amide bonds. The lowest BCUT2D eigenvalue weighted by molar-refractivity contribution is 0.0789. The lowest BCUT2D eigenvalue weighted by atomic mass is 10.1. The van der Waals surface area contributed by atoms with Crippen LogP contribution in [0.2, 0.25) is 5.15 Å². The number of amides is 1. The van der Waals surface area contributed by atoms with Crippen molar-refractivity contribution in [2.45, 2.75) is 51.5 Å². The minimum atomic E-state index is -0.0679. The molecule has 0 N–H and O–H groups in total. The van der Waals surface area contributed by atoms with E-state index >= 15 is 0 Å². The predicted octanol–water partition coefficient (Wildman–Crippen LogP) is 2.75. The Balaban J connectivity index is 1.49. The van der Waals surface area contributed by atoms with Gasteiger partial charge < -0.3 is 9.42 Å². The molecule has 2 fully saturated rings. The van der Waals surface area contributed by atoms with Gasteiger partial charge in [0.05, 0.1) is 17.2 Å². The zero-order chi connectivity index (χ0) is 16.8. The van der Waals surface area contributed by atoms with Gasteiger partial charge in [0, 0.05) is 25.6 Å². The van der Waals surface area contributed by atoms with Crippen LogP contribution in [0.5, 0.6) is 0 Å². The largest absolute Gasteiger partial charge is 0.339 e. The molecule has 1 aliphatic carbocycles. The second kappa shape index (κ2) is 5.88. The Morgan fingerprint density at radius 3 is 2.79 bits per heavy atom. The van der Waals surface area contributed by atoms with Crippen molar-refractivity contribution in [3.63, 3.8) is 0 Å². The number of carbonyl (C=O) groups excluding carboxylic acids is 1. The molecule has 1 aliphatic heterocycles. The molecular weight excluding hydrogens is 330 g/mol. The quantitative estimate of drug-likeness (QED) is 0.848. The first kappa shape index (κ1) is 15.6. The molecule has 2 aromatic heterocycles. The van der Waals surface area contributed by atoms with Crippen molar-refractivity contribution < 1.29 is 9.32 Å². The number of aryl methyl sites for hydroxylation is 2. The van der Waals surface area contributed by atoms with Crippen LogP contribution in [0.25, 0.3) is 0 Å². The first-order chi connectivity index (χ1) is 11.6. The molecule has 1 atom stereocenters. The molecule has 1 saturated carbocycles. The van der Waals surface area contributed by atoms with E-state index in [2.05, 4.69) is 15.2 Å². The fourth-order valence-corrected chi connectivity index (χ4v) is 3.61. The van der Waals surface area contributed by atoms with Gasteiger partial charge in [-0.25, -0.2) is 0 Å². The number of aromatic nitrogens is 4. The van der Waals surface area contributed by atoms with Gasteiger partial charge in [0.25, 0.3) is 5.91 Å². The summed E-state index contributed by atoms with van der Waals surface area (Å²) in [5.41, 5.74) is 1.17. The van der Waals surface area contributed by atoms with Crippen LogP contribution >= 0.6 is 11.6 Å². The van der Waals surface area contributed by atoms with E-state index in [0.29, 0.717) is 47.9 Å². The van der Waals surface area contributed by atoms with Crippen molar-refractivity contribution in [2.24, 2.45) is 0 Å². The summed E-state index contributed by atoms with van der Waals surface area (Å²) in [6.07, 6.45) is 3.12. The van der Waals surface area contributed by atoms with Crippen LogP contribution < -0.4 is 0 Å². The molecule has 7 nitrogen and oxygen atoms in total. The molecule has 1 saturated heterocycles. The summed E-state index contributed by atoms with van der Waals surface area (Å²) in [5, 5.41) is 8.81. The van der Waals surface area contributed by atoms with E-state index in [1.54, 1.807) is 4.68 Å². The van der Waals surface area contributed by atoms with E-state index in [1.807, 2.05) is 18.7 Å². The van der Waals surface area contributed by atoms with Crippen LogP contribution in [0.3, 0.4) is 0 Å². The predicted molar refractivity (Wildman–Crippen MR) is 87.2 cm³/mol. The van der Waals surface area contributed by atoms with Gasteiger partial charge in [-0.15, -0.1) is 0 Å². The number of hydrogen-bond donors (Lipinski definition) is 0. The molecule has 0 aromatic carbocycles. The maximum absolute atomic E-state index is 12.8. The summed E-state index contributed by atoms with van der Waals surface area (Å²) in [7, 11) is 0. The molecule has 24 heavy (non-hydrogen) atoms. The van der Waals surface area contributed by atoms with Crippen LogP contribution in [-0.4, -0.2) is 43.8 Å². The third kappa shape index (κ3) is 2.60. The summed E-state index contributed by atoms with van der Waals surface area (Å²) < 4.78 is 7.06. The minimum absolute atomic E-state index is 0.0679. The van der Waals surface area contributed by atoms with E-state index in [4.69, 9.17) is 16.1 Å². The van der Waals surface area contributed by atoms with E-state index < -0.39 is 0 Å². The van der Waals surface area contributed by atoms with Gasteiger partial charge >= 0.3 is 0 Å². The fraction of sp³-hybridized carbons (Fsp3) is 0.625. The summed E-state index contributed by atoms with van der Waals surface area (Å²) >= 11 is 6.31. The van der Waals surface area contributed by atoms with E-state index in [9.17, 15) is 4.79 Å². The van der Waals surface area contributed by atoms with Crippen molar-refractivity contribution in [1.82, 2.24) is 24.8 Å². The maximum Gasteiger partial charge on any atom is 0.258 e. The molecular formula is C16H20ClN5O2. The van der Waals surface area contributed by atoms with Crippen molar-refractivity contribution in [3.05, 3.63) is 28.1 Å². The summed E-state index contributed by atoms with van der Waals surface area (Å²) in [6.45, 7) is 5.65. The van der Waals surface area contributed by atoms with Crippen LogP contribution in [0.15, 0.2) is 4.52 Å². The summed E-state index contributed by atoms with van der Waals surface area (Å²) in [4.78, 5) is 19.2. The van der Waals surface area contributed by atoms with Crippen molar-refractivity contribution in [2.75, 3.05) is 13.1 Å². The number of likely N-dealkylation sites (tertiary alicyclic amines) is 1. The lowest BCUT2D eigenvalue weighted by Gasteiger charge is -2.15. The topological polar surface area (TPSA) is 77.1 Å². The lowest BCUT2D eigenvalue weighted by Crippen LogP contribution is -2.29. The molecule has 128 valence electrons. The molecule has 8 heteroatoms. The Labute approximate surface area is 145 Å². The molecule has 0 radical (unpaired) electrons. The van der Waals surface area contributed by atoms with E-state index in [-0.39, 0.29) is 11.8 Å². The molecule has 0 unspecified atom stereocenters. The highest BCUT2D eigenvalue weighted by Crippen LogP contribution is 2.39. The second-order valence-electron chi connectivity index (χ2n) is 6.57. The zero-order valence-corrected chi connectivity index (χ0v) is 14.6. The highest BCUT2D eigenvalue weighted by atomic mass is 35.5. The Morgan fingerprint density at radius 1 is 1.33 bits per heavy atom. The van der Waals surface area contributed by atoms with E-state index in [1.165, 1.54) is 0 Å². The molecule has 0 bridgehead atoms. The van der Waals surface area contributed by atoms with Crippen LogP contribution in [0.1, 0.15) is 65.8 Å². The summed E-state index contributed by atoms with van der Waals surface area (Å²) in [6, 6.07) is 0. The number of rotatable bonds is 4. The fourth-order valence-electron chi connectivity index (χ4n) is 3.23. The molecule has 4 rings (SSSR count). The van der Waals surface area contributed by atoms with Crippen LogP contribution in [0, 0.1) is 6.92 Å². The SMILES string of the molecule is CCn1nc(C)c(C(=O)N2CC[C@H](c3nc(C4CC4)no3)C2)c1Cl. The third-order valence-corrected chi connectivity index (χ3v) is 5.19. The van der Waals surface area contributed by atoms with Crippen LogP contribution in [-0.2, 0) is 6.54 Å². The number of nitrogens with zero attached hydrogens (tertiary/aromatic N) is 5. The van der Waals surface area contributed by atoms with E-state index in [0.717, 1.165) is 25.1 Å². The van der Waals surface area contributed by atoms with Gasteiger partial charge in [0.1, 0.15) is 5.15 Å². The maximum atomic E-state index is 12.8. The molecule has 0 spiro atoms. The first-order valence-corrected chi connectivity index (χ1v) is 8.82. The van der Waals surface area contributed by atoms with Gasteiger partial charge in [-0.05, 0) is 33.1 Å². The van der Waals surface area contributed by atoms with Crippen LogP contribution in [0.4, 0.5) is 0 Å². The highest BCUT2D eigenvalue weighted by molar-refractivity contribution is 6.33. The number of halogens is 1. The molecule has 2 aliphatic rings. The Kier molecular flexibility index (Phi) is 3.83. The van der Waals surface area contributed by atoms with Gasteiger partial charge in [-0.1, -0.05) is 16.8 Å². The highest BCUT2D eigenvalue weighted by Gasteiger charge is 2.35.